The van der Waals surface area contributed by atoms with E-state index in [9.17, 15) is 14.7 Å². The van der Waals surface area contributed by atoms with Crippen molar-refractivity contribution in [1.82, 2.24) is 14.7 Å². The van der Waals surface area contributed by atoms with Crippen LogP contribution in [0.4, 0.5) is 0 Å². The van der Waals surface area contributed by atoms with Gasteiger partial charge in [-0.2, -0.15) is 0 Å². The maximum Gasteiger partial charge on any atom is 0.237 e. The molecule has 4 aliphatic heterocycles. The molecular weight excluding hydrogens is 512 g/mol. The van der Waals surface area contributed by atoms with Gasteiger partial charge in [0.1, 0.15) is 6.23 Å². The van der Waals surface area contributed by atoms with Gasteiger partial charge in [-0.05, 0) is 55.9 Å². The lowest BCUT2D eigenvalue weighted by molar-refractivity contribution is -0.137. The molecule has 10 nitrogen and oxygen atoms in total. The van der Waals surface area contributed by atoms with Crippen LogP contribution in [0.3, 0.4) is 0 Å². The van der Waals surface area contributed by atoms with Crippen molar-refractivity contribution in [3.8, 4) is 17.2 Å². The number of aliphatic hydroxyl groups excluding tert-OH is 1. The average molecular weight is 555 g/mol. The number of hydrogen-bond donors (Lipinski definition) is 1. The third-order valence-electron chi connectivity index (χ3n) is 8.73. The molecule has 4 aliphatic rings. The highest BCUT2D eigenvalue weighted by molar-refractivity contribution is 5.81. The minimum atomic E-state index is -0.721. The molecule has 4 atom stereocenters. The quantitative estimate of drug-likeness (QED) is 0.449. The number of carbonyl (C=O) groups is 2. The van der Waals surface area contributed by atoms with Crippen LogP contribution in [0.15, 0.2) is 29.3 Å². The summed E-state index contributed by atoms with van der Waals surface area (Å²) in [4.78, 5) is 36.6. The molecule has 1 aromatic rings. The number of aliphatic imine (C=N–C) groups is 1. The molecule has 0 bridgehead atoms. The molecule has 4 heterocycles. The third-order valence-corrected chi connectivity index (χ3v) is 8.73. The summed E-state index contributed by atoms with van der Waals surface area (Å²) in [6.45, 7) is 7.07. The van der Waals surface area contributed by atoms with Crippen molar-refractivity contribution in [2.24, 2.45) is 4.99 Å². The lowest BCUT2D eigenvalue weighted by Gasteiger charge is -2.40. The van der Waals surface area contributed by atoms with Gasteiger partial charge in [0.2, 0.25) is 24.4 Å². The molecule has 40 heavy (non-hydrogen) atoms. The highest BCUT2D eigenvalue weighted by atomic mass is 16.7. The minimum Gasteiger partial charge on any atom is -0.493 e. The number of methoxy groups -OCH3 is 1. The van der Waals surface area contributed by atoms with Gasteiger partial charge in [-0.3, -0.25) is 19.5 Å². The molecule has 0 saturated carbocycles. The van der Waals surface area contributed by atoms with Crippen molar-refractivity contribution in [1.29, 1.82) is 0 Å². The van der Waals surface area contributed by atoms with E-state index in [2.05, 4.69) is 29.8 Å². The number of unbranched alkanes of at least 4 members (excludes halogenated alkanes) is 1. The van der Waals surface area contributed by atoms with Crippen molar-refractivity contribution < 1.29 is 28.9 Å². The number of amides is 2. The SMILES string of the molecule is CCCCN(C(=O)CN1C[C@H](c2cc(OC)c3c(c2)OCO3)C[C@@H]1CCN1C(=O)CCC1O)C1(C)C=CC=NC1. The molecule has 2 unspecified atom stereocenters. The van der Waals surface area contributed by atoms with Crippen LogP contribution in [0.25, 0.3) is 0 Å². The Kier molecular flexibility index (Phi) is 8.65. The zero-order chi connectivity index (χ0) is 28.3. The average Bonchev–Trinajstić information content (AvgIpc) is 3.66. The summed E-state index contributed by atoms with van der Waals surface area (Å²) >= 11 is 0. The summed E-state index contributed by atoms with van der Waals surface area (Å²) in [5.41, 5.74) is 0.629. The second kappa shape index (κ2) is 12.2. The molecule has 2 amide bonds. The second-order valence-corrected chi connectivity index (χ2v) is 11.5. The lowest BCUT2D eigenvalue weighted by atomic mass is 9.94. The van der Waals surface area contributed by atoms with Crippen LogP contribution in [0.5, 0.6) is 17.2 Å². The third kappa shape index (κ3) is 5.83. The molecule has 0 radical (unpaired) electrons. The standard InChI is InChI=1S/C30H42N4O6/c1-4-5-12-34(30(2)10-6-11-31-19-30)28(37)18-32-17-22(14-23(32)9-13-33-26(35)7-8-27(33)36)21-15-24(38-3)29-25(16-21)39-20-40-29/h6,10-11,15-16,22-23,26,35H,4-5,7-9,12-14,17-20H2,1-3H3/t22-,23+,26?,30?/m1/s1. The Bertz CT molecular complexity index is 1160. The zero-order valence-corrected chi connectivity index (χ0v) is 23.9. The minimum absolute atomic E-state index is 0.00603. The maximum atomic E-state index is 14.0. The van der Waals surface area contributed by atoms with Gasteiger partial charge in [0, 0.05) is 44.7 Å². The number of rotatable bonds is 11. The number of allylic oxidation sites excluding steroid dienone is 1. The number of aliphatic hydroxyl groups is 1. The van der Waals surface area contributed by atoms with Crippen LogP contribution in [0.1, 0.15) is 63.9 Å². The molecule has 0 aromatic heterocycles. The Labute approximate surface area is 236 Å². The number of carbonyl (C=O) groups excluding carboxylic acids is 2. The zero-order valence-electron chi connectivity index (χ0n) is 23.9. The molecule has 0 aliphatic carbocycles. The van der Waals surface area contributed by atoms with E-state index in [-0.39, 0.29) is 37.1 Å². The Morgan fingerprint density at radius 3 is 2.88 bits per heavy atom. The Hall–Kier alpha value is -3.11. The summed E-state index contributed by atoms with van der Waals surface area (Å²) in [5, 5.41) is 10.3. The first-order chi connectivity index (χ1) is 19.3. The molecule has 2 fully saturated rings. The van der Waals surface area contributed by atoms with Gasteiger partial charge >= 0.3 is 0 Å². The Morgan fingerprint density at radius 1 is 1.32 bits per heavy atom. The van der Waals surface area contributed by atoms with Gasteiger partial charge in [-0.25, -0.2) is 0 Å². The van der Waals surface area contributed by atoms with E-state index in [1.807, 2.05) is 23.1 Å². The first-order valence-corrected chi connectivity index (χ1v) is 14.5. The monoisotopic (exact) mass is 554 g/mol. The van der Waals surface area contributed by atoms with Crippen LogP contribution in [-0.4, -0.2) is 102 Å². The normalized spacial score (nSPS) is 27.6. The number of likely N-dealkylation sites (tertiary alicyclic amines) is 2. The first kappa shape index (κ1) is 28.4. The van der Waals surface area contributed by atoms with Crippen molar-refractivity contribution in [3.05, 3.63) is 29.8 Å². The van der Waals surface area contributed by atoms with Gasteiger partial charge in [-0.15, -0.1) is 0 Å². The highest BCUT2D eigenvalue weighted by Gasteiger charge is 2.40. The Morgan fingerprint density at radius 2 is 2.17 bits per heavy atom. The van der Waals surface area contributed by atoms with Crippen LogP contribution in [0, 0.1) is 0 Å². The fourth-order valence-electron chi connectivity index (χ4n) is 6.40. The predicted octanol–water partition coefficient (Wildman–Crippen LogP) is 2.94. The number of dihydropyridines is 1. The van der Waals surface area contributed by atoms with E-state index in [0.29, 0.717) is 62.7 Å². The summed E-state index contributed by atoms with van der Waals surface area (Å²) in [6.07, 6.45) is 9.37. The van der Waals surface area contributed by atoms with Gasteiger partial charge in [0.05, 0.1) is 25.7 Å². The van der Waals surface area contributed by atoms with Gasteiger partial charge in [0.15, 0.2) is 11.5 Å². The number of benzene rings is 1. The van der Waals surface area contributed by atoms with E-state index in [1.54, 1.807) is 18.2 Å². The lowest BCUT2D eigenvalue weighted by Crippen LogP contribution is -2.55. The van der Waals surface area contributed by atoms with Crippen molar-refractivity contribution >= 4 is 18.0 Å². The molecule has 10 heteroatoms. The van der Waals surface area contributed by atoms with E-state index in [4.69, 9.17) is 14.2 Å². The fraction of sp³-hybridized carbons (Fsp3) is 0.633. The summed E-state index contributed by atoms with van der Waals surface area (Å²) in [6, 6.07) is 4.10. The number of fused-ring (bicyclic) bond motifs is 1. The fourth-order valence-corrected chi connectivity index (χ4v) is 6.40. The van der Waals surface area contributed by atoms with Gasteiger partial charge in [0.25, 0.3) is 0 Å². The number of nitrogens with zero attached hydrogens (tertiary/aromatic N) is 4. The van der Waals surface area contributed by atoms with E-state index in [1.165, 1.54) is 0 Å². The van der Waals surface area contributed by atoms with Gasteiger partial charge in [-0.1, -0.05) is 19.4 Å². The highest BCUT2D eigenvalue weighted by Crippen LogP contribution is 2.45. The largest absolute Gasteiger partial charge is 0.493 e. The second-order valence-electron chi connectivity index (χ2n) is 11.5. The number of ether oxygens (including phenoxy) is 3. The van der Waals surface area contributed by atoms with Crippen LogP contribution in [0.2, 0.25) is 0 Å². The van der Waals surface area contributed by atoms with Crippen molar-refractivity contribution in [2.75, 3.05) is 46.6 Å². The maximum absolute atomic E-state index is 14.0. The van der Waals surface area contributed by atoms with E-state index in [0.717, 1.165) is 24.8 Å². The first-order valence-electron chi connectivity index (χ1n) is 14.5. The molecular formula is C30H42N4O6. The molecule has 2 saturated heterocycles. The van der Waals surface area contributed by atoms with Crippen LogP contribution in [-0.2, 0) is 9.59 Å². The molecule has 5 rings (SSSR count). The van der Waals surface area contributed by atoms with E-state index >= 15 is 0 Å². The van der Waals surface area contributed by atoms with Crippen LogP contribution < -0.4 is 14.2 Å². The Balaban J connectivity index is 1.36. The van der Waals surface area contributed by atoms with Crippen LogP contribution >= 0.6 is 0 Å². The van der Waals surface area contributed by atoms with Crippen molar-refractivity contribution in [3.63, 3.8) is 0 Å². The van der Waals surface area contributed by atoms with Crippen molar-refractivity contribution in [2.45, 2.75) is 76.1 Å². The van der Waals surface area contributed by atoms with E-state index < -0.39 is 11.8 Å². The smallest absolute Gasteiger partial charge is 0.237 e. The molecule has 1 N–H and O–H groups in total. The summed E-state index contributed by atoms with van der Waals surface area (Å²) in [5.74, 6) is 2.17. The molecule has 1 aromatic carbocycles. The molecule has 218 valence electrons. The van der Waals surface area contributed by atoms with Gasteiger partial charge < -0.3 is 29.1 Å². The summed E-state index contributed by atoms with van der Waals surface area (Å²) in [7, 11) is 1.62. The predicted molar refractivity (Wildman–Crippen MR) is 151 cm³/mol. The molecule has 0 spiro atoms. The summed E-state index contributed by atoms with van der Waals surface area (Å²) < 4.78 is 16.9. The topological polar surface area (TPSA) is 104 Å². The number of hydrogen-bond acceptors (Lipinski definition) is 8.